The van der Waals surface area contributed by atoms with Crippen molar-refractivity contribution in [2.45, 2.75) is 0 Å². The number of carbonyl (C=O) groups is 1. The van der Waals surface area contributed by atoms with E-state index < -0.39 is 0 Å². The molecule has 0 radical (unpaired) electrons. The zero-order valence-corrected chi connectivity index (χ0v) is 10.0. The molecule has 88 valence electrons. The Labute approximate surface area is 104 Å². The van der Waals surface area contributed by atoms with Crippen molar-refractivity contribution in [2.75, 3.05) is 11.1 Å². The molecular weight excluding hydrogens is 238 g/mol. The Morgan fingerprint density at radius 2 is 2.00 bits per heavy atom. The minimum atomic E-state index is -0.204. The van der Waals surface area contributed by atoms with E-state index in [0.29, 0.717) is 22.1 Å². The molecule has 3 N–H and O–H groups in total. The van der Waals surface area contributed by atoms with E-state index in [1.54, 1.807) is 48.1 Å². The average Bonchev–Trinajstić information content (AvgIpc) is 2.61. The third-order valence-electron chi connectivity index (χ3n) is 2.37. The molecular formula is C12H12ClN3O. The molecule has 17 heavy (non-hydrogen) atoms. The van der Waals surface area contributed by atoms with E-state index in [-0.39, 0.29) is 5.91 Å². The first-order valence-corrected chi connectivity index (χ1v) is 5.43. The molecule has 0 bridgehead atoms. The molecule has 2 rings (SSSR count). The normalized spacial score (nSPS) is 10.2. The molecule has 1 heterocycles. The van der Waals surface area contributed by atoms with Gasteiger partial charge in [-0.1, -0.05) is 11.6 Å². The number of benzene rings is 1. The van der Waals surface area contributed by atoms with Crippen molar-refractivity contribution in [3.63, 3.8) is 0 Å². The van der Waals surface area contributed by atoms with Gasteiger partial charge in [0.05, 0.1) is 5.02 Å². The van der Waals surface area contributed by atoms with Crippen molar-refractivity contribution in [3.05, 3.63) is 47.2 Å². The topological polar surface area (TPSA) is 60.0 Å². The van der Waals surface area contributed by atoms with Crippen LogP contribution in [0.15, 0.2) is 36.5 Å². The summed E-state index contributed by atoms with van der Waals surface area (Å²) >= 11 is 5.82. The molecule has 0 aliphatic rings. The quantitative estimate of drug-likeness (QED) is 0.804. The molecule has 0 aliphatic carbocycles. The Morgan fingerprint density at radius 3 is 2.53 bits per heavy atom. The van der Waals surface area contributed by atoms with Crippen LogP contribution in [-0.2, 0) is 7.05 Å². The van der Waals surface area contributed by atoms with Gasteiger partial charge in [0.1, 0.15) is 5.69 Å². The van der Waals surface area contributed by atoms with E-state index in [1.165, 1.54) is 0 Å². The number of hydrogen-bond donors (Lipinski definition) is 2. The van der Waals surface area contributed by atoms with Gasteiger partial charge in [-0.15, -0.1) is 0 Å². The van der Waals surface area contributed by atoms with Crippen LogP contribution < -0.4 is 11.1 Å². The van der Waals surface area contributed by atoms with E-state index >= 15 is 0 Å². The third-order valence-corrected chi connectivity index (χ3v) is 2.58. The molecule has 0 unspecified atom stereocenters. The highest BCUT2D eigenvalue weighted by molar-refractivity contribution is 6.31. The van der Waals surface area contributed by atoms with Crippen LogP contribution in [-0.4, -0.2) is 10.5 Å². The maximum atomic E-state index is 11.9. The number of amides is 1. The van der Waals surface area contributed by atoms with Gasteiger partial charge in [-0.05, 0) is 30.3 Å². The second kappa shape index (κ2) is 4.51. The summed E-state index contributed by atoms with van der Waals surface area (Å²) in [5.74, 6) is -0.204. The number of hydrogen-bond acceptors (Lipinski definition) is 2. The van der Waals surface area contributed by atoms with Crippen molar-refractivity contribution in [3.8, 4) is 0 Å². The Balaban J connectivity index is 2.17. The highest BCUT2D eigenvalue weighted by atomic mass is 35.5. The Hall–Kier alpha value is -1.94. The third kappa shape index (κ3) is 2.60. The number of anilines is 2. The zero-order chi connectivity index (χ0) is 12.4. The first-order chi connectivity index (χ1) is 8.06. The lowest BCUT2D eigenvalue weighted by Gasteiger charge is -2.06. The summed E-state index contributed by atoms with van der Waals surface area (Å²) in [5, 5.41) is 3.30. The van der Waals surface area contributed by atoms with Crippen LogP contribution in [0.1, 0.15) is 10.5 Å². The zero-order valence-electron chi connectivity index (χ0n) is 9.27. The number of nitrogen functional groups attached to an aromatic ring is 1. The SMILES string of the molecule is Cn1cc(Cl)cc1C(=O)Nc1ccc(N)cc1. The first-order valence-electron chi connectivity index (χ1n) is 5.05. The molecule has 0 saturated heterocycles. The van der Waals surface area contributed by atoms with Crippen molar-refractivity contribution in [1.29, 1.82) is 0 Å². The van der Waals surface area contributed by atoms with Crippen LogP contribution in [0.2, 0.25) is 5.02 Å². The van der Waals surface area contributed by atoms with E-state index in [0.717, 1.165) is 0 Å². The van der Waals surface area contributed by atoms with Gasteiger partial charge in [-0.25, -0.2) is 0 Å². The smallest absolute Gasteiger partial charge is 0.272 e. The van der Waals surface area contributed by atoms with Gasteiger partial charge in [-0.2, -0.15) is 0 Å². The molecule has 1 aromatic carbocycles. The number of nitrogens with two attached hydrogens (primary N) is 1. The molecule has 0 atom stereocenters. The molecule has 1 aromatic heterocycles. The Bertz CT molecular complexity index is 545. The lowest BCUT2D eigenvalue weighted by molar-refractivity contribution is 0.101. The van der Waals surface area contributed by atoms with Crippen molar-refractivity contribution in [2.24, 2.45) is 7.05 Å². The van der Waals surface area contributed by atoms with Crippen molar-refractivity contribution < 1.29 is 4.79 Å². The first kappa shape index (κ1) is 11.5. The fourth-order valence-electron chi connectivity index (χ4n) is 1.51. The van der Waals surface area contributed by atoms with Gasteiger partial charge in [0.2, 0.25) is 0 Å². The predicted molar refractivity (Wildman–Crippen MR) is 69.2 cm³/mol. The van der Waals surface area contributed by atoms with Crippen LogP contribution in [0.3, 0.4) is 0 Å². The minimum Gasteiger partial charge on any atom is -0.399 e. The fourth-order valence-corrected chi connectivity index (χ4v) is 1.76. The van der Waals surface area contributed by atoms with Gasteiger partial charge >= 0.3 is 0 Å². The van der Waals surface area contributed by atoms with Crippen LogP contribution in [0.5, 0.6) is 0 Å². The summed E-state index contributed by atoms with van der Waals surface area (Å²) in [5.41, 5.74) is 7.42. The Morgan fingerprint density at radius 1 is 1.35 bits per heavy atom. The minimum absolute atomic E-state index is 0.204. The summed E-state index contributed by atoms with van der Waals surface area (Å²) in [4.78, 5) is 11.9. The molecule has 0 spiro atoms. The van der Waals surface area contributed by atoms with E-state index in [1.807, 2.05) is 0 Å². The summed E-state index contributed by atoms with van der Waals surface area (Å²) in [6.07, 6.45) is 1.68. The summed E-state index contributed by atoms with van der Waals surface area (Å²) in [7, 11) is 1.77. The second-order valence-corrected chi connectivity index (χ2v) is 4.17. The Kier molecular flexibility index (Phi) is 3.06. The molecule has 4 nitrogen and oxygen atoms in total. The van der Waals surface area contributed by atoms with Crippen LogP contribution >= 0.6 is 11.6 Å². The number of nitrogens with one attached hydrogen (secondary N) is 1. The van der Waals surface area contributed by atoms with Gasteiger partial charge in [0.15, 0.2) is 0 Å². The molecule has 2 aromatic rings. The molecule has 0 aliphatic heterocycles. The lowest BCUT2D eigenvalue weighted by atomic mass is 10.3. The summed E-state index contributed by atoms with van der Waals surface area (Å²) in [6, 6.07) is 8.57. The predicted octanol–water partition coefficient (Wildman–Crippen LogP) is 2.51. The van der Waals surface area contributed by atoms with Gasteiger partial charge in [-0.3, -0.25) is 4.79 Å². The standard InChI is InChI=1S/C12H12ClN3O/c1-16-7-8(13)6-11(16)12(17)15-10-4-2-9(14)3-5-10/h2-7H,14H2,1H3,(H,15,17). The molecule has 0 saturated carbocycles. The van der Waals surface area contributed by atoms with E-state index in [4.69, 9.17) is 17.3 Å². The fraction of sp³-hybridized carbons (Fsp3) is 0.0833. The summed E-state index contributed by atoms with van der Waals surface area (Å²) in [6.45, 7) is 0. The number of halogens is 1. The lowest BCUT2D eigenvalue weighted by Crippen LogP contribution is -2.15. The number of rotatable bonds is 2. The van der Waals surface area contributed by atoms with Gasteiger partial charge < -0.3 is 15.6 Å². The number of carbonyl (C=O) groups excluding carboxylic acids is 1. The van der Waals surface area contributed by atoms with Gasteiger partial charge in [0, 0.05) is 24.6 Å². The number of nitrogens with zero attached hydrogens (tertiary/aromatic N) is 1. The van der Waals surface area contributed by atoms with E-state index in [9.17, 15) is 4.79 Å². The highest BCUT2D eigenvalue weighted by Gasteiger charge is 2.11. The molecule has 0 fully saturated rings. The number of aromatic nitrogens is 1. The highest BCUT2D eigenvalue weighted by Crippen LogP contribution is 2.15. The van der Waals surface area contributed by atoms with Crippen LogP contribution in [0.25, 0.3) is 0 Å². The summed E-state index contributed by atoms with van der Waals surface area (Å²) < 4.78 is 1.68. The maximum absolute atomic E-state index is 11.9. The van der Waals surface area contributed by atoms with Crippen molar-refractivity contribution >= 4 is 28.9 Å². The van der Waals surface area contributed by atoms with Crippen molar-refractivity contribution in [1.82, 2.24) is 4.57 Å². The number of aryl methyl sites for hydroxylation is 1. The van der Waals surface area contributed by atoms with Crippen LogP contribution in [0, 0.1) is 0 Å². The monoisotopic (exact) mass is 249 g/mol. The molecule has 1 amide bonds. The maximum Gasteiger partial charge on any atom is 0.272 e. The van der Waals surface area contributed by atoms with Gasteiger partial charge in [0.25, 0.3) is 5.91 Å². The average molecular weight is 250 g/mol. The molecule has 5 heteroatoms. The largest absolute Gasteiger partial charge is 0.399 e. The second-order valence-electron chi connectivity index (χ2n) is 3.73. The van der Waals surface area contributed by atoms with Crippen LogP contribution in [0.4, 0.5) is 11.4 Å². The van der Waals surface area contributed by atoms with E-state index in [2.05, 4.69) is 5.32 Å².